The highest BCUT2D eigenvalue weighted by Crippen LogP contribution is 2.33. The van der Waals surface area contributed by atoms with Crippen LogP contribution >= 0.6 is 23.4 Å². The topological polar surface area (TPSA) is 84.6 Å². The van der Waals surface area contributed by atoms with Crippen molar-refractivity contribution in [3.63, 3.8) is 0 Å². The molecule has 0 radical (unpaired) electrons. The third kappa shape index (κ3) is 4.38. The van der Waals surface area contributed by atoms with Crippen molar-refractivity contribution in [2.45, 2.75) is 30.7 Å². The van der Waals surface area contributed by atoms with Gasteiger partial charge in [0.25, 0.3) is 0 Å². The molecule has 0 aliphatic carbocycles. The van der Waals surface area contributed by atoms with Crippen LogP contribution in [0.1, 0.15) is 18.9 Å². The van der Waals surface area contributed by atoms with Crippen LogP contribution < -0.4 is 0 Å². The van der Waals surface area contributed by atoms with E-state index in [0.29, 0.717) is 13.0 Å². The maximum absolute atomic E-state index is 13.0. The molecule has 0 saturated carbocycles. The van der Waals surface area contributed by atoms with Gasteiger partial charge in [0.2, 0.25) is 5.91 Å². The Morgan fingerprint density at radius 3 is 2.71 bits per heavy atom. The first kappa shape index (κ1) is 21.2. The third-order valence-corrected chi connectivity index (χ3v) is 7.35. The normalized spacial score (nSPS) is 19.2. The Kier molecular flexibility index (Phi) is 5.84. The van der Waals surface area contributed by atoms with E-state index in [1.807, 2.05) is 0 Å². The van der Waals surface area contributed by atoms with E-state index in [0.717, 1.165) is 28.4 Å². The van der Waals surface area contributed by atoms with Crippen molar-refractivity contribution in [2.75, 3.05) is 23.8 Å². The predicted octanol–water partition coefficient (Wildman–Crippen LogP) is 2.53. The van der Waals surface area contributed by atoms with Crippen LogP contribution in [0.25, 0.3) is 5.65 Å². The Hall–Kier alpha value is -1.53. The molecule has 2 aromatic heterocycles. The highest BCUT2D eigenvalue weighted by molar-refractivity contribution is 7.99. The van der Waals surface area contributed by atoms with Crippen LogP contribution in [0.2, 0.25) is 5.02 Å². The van der Waals surface area contributed by atoms with Gasteiger partial charge in [0, 0.05) is 18.8 Å². The Bertz CT molecular complexity index is 1010. The van der Waals surface area contributed by atoms with Crippen LogP contribution in [0.5, 0.6) is 0 Å². The number of rotatable bonds is 5. The molecule has 1 amide bonds. The lowest BCUT2D eigenvalue weighted by Gasteiger charge is -2.26. The Morgan fingerprint density at radius 2 is 2.14 bits per heavy atom. The molecule has 7 nitrogen and oxygen atoms in total. The van der Waals surface area contributed by atoms with E-state index in [1.54, 1.807) is 6.92 Å². The molecule has 1 fully saturated rings. The number of alkyl halides is 3. The molecule has 1 unspecified atom stereocenters. The van der Waals surface area contributed by atoms with Crippen molar-refractivity contribution < 1.29 is 26.4 Å². The number of sulfone groups is 1. The first-order chi connectivity index (χ1) is 13.0. The molecule has 13 heteroatoms. The standard InChI is InChI=1S/C15H16ClF3N4O3S2/c1-2-22(10-3-4-28(25,26)8-10)12(24)7-27-14-21-20-13-11(16)5-9(6-23(13)14)15(17,18)19/h5-6,10H,2-4,7-8H2,1H3. The Balaban J connectivity index is 1.77. The summed E-state index contributed by atoms with van der Waals surface area (Å²) in [7, 11) is -3.14. The molecule has 3 heterocycles. The summed E-state index contributed by atoms with van der Waals surface area (Å²) in [6.45, 7) is 2.08. The largest absolute Gasteiger partial charge is 0.417 e. The third-order valence-electron chi connectivity index (χ3n) is 4.39. The van der Waals surface area contributed by atoms with Gasteiger partial charge in [0.1, 0.15) is 0 Å². The van der Waals surface area contributed by atoms with E-state index >= 15 is 0 Å². The monoisotopic (exact) mass is 456 g/mol. The van der Waals surface area contributed by atoms with Gasteiger partial charge in [-0.3, -0.25) is 9.20 Å². The fraction of sp³-hybridized carbons (Fsp3) is 0.533. The van der Waals surface area contributed by atoms with Gasteiger partial charge in [0.15, 0.2) is 20.6 Å². The molecule has 0 bridgehead atoms. The zero-order chi connectivity index (χ0) is 20.7. The molecular weight excluding hydrogens is 441 g/mol. The molecule has 154 valence electrons. The van der Waals surface area contributed by atoms with Crippen LogP contribution in [-0.2, 0) is 20.8 Å². The summed E-state index contributed by atoms with van der Waals surface area (Å²) in [6.07, 6.45) is -3.38. The van der Waals surface area contributed by atoms with Gasteiger partial charge in [-0.2, -0.15) is 13.2 Å². The van der Waals surface area contributed by atoms with Gasteiger partial charge in [-0.25, -0.2) is 8.42 Å². The van der Waals surface area contributed by atoms with Gasteiger partial charge in [0.05, 0.1) is 27.8 Å². The van der Waals surface area contributed by atoms with E-state index in [4.69, 9.17) is 11.6 Å². The lowest BCUT2D eigenvalue weighted by molar-refractivity contribution is -0.138. The number of fused-ring (bicyclic) bond motifs is 1. The number of aromatic nitrogens is 3. The summed E-state index contributed by atoms with van der Waals surface area (Å²) in [4.78, 5) is 14.0. The lowest BCUT2D eigenvalue weighted by Crippen LogP contribution is -2.41. The second-order valence-corrected chi connectivity index (χ2v) is 9.85. The van der Waals surface area contributed by atoms with E-state index in [-0.39, 0.29) is 45.0 Å². The fourth-order valence-corrected chi connectivity index (χ4v) is 5.83. The quantitative estimate of drug-likeness (QED) is 0.643. The number of pyridine rings is 1. The summed E-state index contributed by atoms with van der Waals surface area (Å²) in [6, 6.07) is 0.384. The van der Waals surface area contributed by atoms with Crippen molar-refractivity contribution in [3.05, 3.63) is 22.8 Å². The van der Waals surface area contributed by atoms with Crippen LogP contribution in [0.4, 0.5) is 13.2 Å². The average Bonchev–Trinajstić information content (AvgIpc) is 3.16. The van der Waals surface area contributed by atoms with Gasteiger partial charge in [-0.05, 0) is 19.4 Å². The van der Waals surface area contributed by atoms with Crippen molar-refractivity contribution in [2.24, 2.45) is 0 Å². The zero-order valence-corrected chi connectivity index (χ0v) is 17.0. The lowest BCUT2D eigenvalue weighted by atomic mass is 10.2. The highest BCUT2D eigenvalue weighted by atomic mass is 35.5. The smallest absolute Gasteiger partial charge is 0.338 e. The second-order valence-electron chi connectivity index (χ2n) is 6.28. The summed E-state index contributed by atoms with van der Waals surface area (Å²) in [5, 5.41) is 7.47. The summed E-state index contributed by atoms with van der Waals surface area (Å²) in [5.41, 5.74) is -0.900. The number of halogens is 4. The summed E-state index contributed by atoms with van der Waals surface area (Å²) in [5.74, 6) is -0.457. The molecule has 1 aliphatic rings. The average molecular weight is 457 g/mol. The second kappa shape index (κ2) is 7.71. The summed E-state index contributed by atoms with van der Waals surface area (Å²) >= 11 is 6.78. The minimum atomic E-state index is -4.59. The van der Waals surface area contributed by atoms with E-state index in [1.165, 1.54) is 4.90 Å². The van der Waals surface area contributed by atoms with E-state index in [9.17, 15) is 26.4 Å². The molecule has 0 spiro atoms. The molecule has 1 aliphatic heterocycles. The predicted molar refractivity (Wildman–Crippen MR) is 98.2 cm³/mol. The maximum atomic E-state index is 13.0. The van der Waals surface area contributed by atoms with Gasteiger partial charge >= 0.3 is 6.18 Å². The molecule has 2 aromatic rings. The molecule has 28 heavy (non-hydrogen) atoms. The van der Waals surface area contributed by atoms with Gasteiger partial charge in [-0.15, -0.1) is 10.2 Å². The van der Waals surface area contributed by atoms with Crippen molar-refractivity contribution in [1.29, 1.82) is 0 Å². The van der Waals surface area contributed by atoms with Crippen LogP contribution in [0.15, 0.2) is 17.4 Å². The van der Waals surface area contributed by atoms with Crippen molar-refractivity contribution >= 4 is 44.8 Å². The number of carbonyl (C=O) groups is 1. The van der Waals surface area contributed by atoms with Crippen LogP contribution in [-0.4, -0.2) is 63.7 Å². The molecule has 0 N–H and O–H groups in total. The fourth-order valence-electron chi connectivity index (χ4n) is 3.06. The molecular formula is C15H16ClF3N4O3S2. The first-order valence-corrected chi connectivity index (χ1v) is 11.4. The van der Waals surface area contributed by atoms with Crippen molar-refractivity contribution in [3.8, 4) is 0 Å². The number of hydrogen-bond acceptors (Lipinski definition) is 6. The molecule has 0 aromatic carbocycles. The Morgan fingerprint density at radius 1 is 1.43 bits per heavy atom. The SMILES string of the molecule is CCN(C(=O)CSc1nnc2c(Cl)cc(C(F)(F)F)cn12)C1CCS(=O)(=O)C1. The molecule has 1 atom stereocenters. The number of nitrogens with zero attached hydrogens (tertiary/aromatic N) is 4. The van der Waals surface area contributed by atoms with Crippen LogP contribution in [0.3, 0.4) is 0 Å². The minimum Gasteiger partial charge on any atom is -0.338 e. The maximum Gasteiger partial charge on any atom is 0.417 e. The minimum absolute atomic E-state index is 0.0438. The highest BCUT2D eigenvalue weighted by Gasteiger charge is 2.34. The van der Waals surface area contributed by atoms with Gasteiger partial charge in [-0.1, -0.05) is 23.4 Å². The molecule has 1 saturated heterocycles. The number of amides is 1. The van der Waals surface area contributed by atoms with Crippen molar-refractivity contribution in [1.82, 2.24) is 19.5 Å². The number of hydrogen-bond donors (Lipinski definition) is 0. The zero-order valence-electron chi connectivity index (χ0n) is 14.6. The Labute approximate surface area is 168 Å². The van der Waals surface area contributed by atoms with E-state index < -0.39 is 21.6 Å². The number of carbonyl (C=O) groups excluding carboxylic acids is 1. The van der Waals surface area contributed by atoms with Gasteiger partial charge < -0.3 is 4.90 Å². The van der Waals surface area contributed by atoms with Crippen LogP contribution in [0, 0.1) is 0 Å². The summed E-state index contributed by atoms with van der Waals surface area (Å²) < 4.78 is 63.4. The number of thioether (sulfide) groups is 1. The van der Waals surface area contributed by atoms with E-state index in [2.05, 4.69) is 10.2 Å². The first-order valence-electron chi connectivity index (χ1n) is 8.26. The molecule has 3 rings (SSSR count).